The molecule has 0 unspecified atom stereocenters. The molecule has 0 radical (unpaired) electrons. The van der Waals surface area contributed by atoms with Crippen molar-refractivity contribution in [2.75, 3.05) is 43.4 Å². The minimum Gasteiger partial charge on any atom is -0.512 e. The van der Waals surface area contributed by atoms with Gasteiger partial charge in [0, 0.05) is 37.2 Å². The molecule has 4 rings (SSSR count). The number of anilines is 3. The lowest BCUT2D eigenvalue weighted by Gasteiger charge is -2.21. The van der Waals surface area contributed by atoms with E-state index in [4.69, 9.17) is 22.0 Å². The average molecular weight is 552 g/mol. The first-order valence-corrected chi connectivity index (χ1v) is 13.2. The Labute approximate surface area is 232 Å². The van der Waals surface area contributed by atoms with Crippen LogP contribution in [-0.2, 0) is 0 Å². The van der Waals surface area contributed by atoms with E-state index < -0.39 is 11.3 Å². The lowest BCUT2D eigenvalue weighted by molar-refractivity contribution is 0.0977. The molecule has 1 aromatic carbocycles. The number of nitrogens with one attached hydrogen (secondary N) is 3. The zero-order chi connectivity index (χ0) is 28.2. The number of aromatic nitrogens is 4. The van der Waals surface area contributed by atoms with Crippen molar-refractivity contribution in [1.82, 2.24) is 30.2 Å². The number of allylic oxidation sites excluding steroid dienone is 1. The van der Waals surface area contributed by atoms with Crippen molar-refractivity contribution in [2.45, 2.75) is 33.6 Å². The maximum atomic E-state index is 12.8. The van der Waals surface area contributed by atoms with Crippen LogP contribution in [0.2, 0.25) is 5.02 Å². The van der Waals surface area contributed by atoms with Gasteiger partial charge in [0.25, 0.3) is 5.91 Å². The van der Waals surface area contributed by atoms with Gasteiger partial charge in [-0.3, -0.25) is 10.2 Å². The standard InChI is InChI=1S/C27H34ClN9O2/c1-27(2,3)21(38)14-22(29)34-25(39)17-7-8-18(28)19(13-17)33-24-23-20(31-16-32-24)15-30-26(35-23)36(4)11-12-37-9-5-6-10-37/h7-8,13-16,38H,5-6,9-12H2,1-4H3,(H2,29,34,39)(H,31,32,33)/b21-14-. The number of likely N-dealkylation sites (tertiary alicyclic amines) is 1. The molecule has 0 bridgehead atoms. The second kappa shape index (κ2) is 11.9. The molecule has 0 saturated carbocycles. The fourth-order valence-corrected chi connectivity index (χ4v) is 4.16. The largest absolute Gasteiger partial charge is 0.512 e. The van der Waals surface area contributed by atoms with E-state index in [-0.39, 0.29) is 17.2 Å². The highest BCUT2D eigenvalue weighted by Crippen LogP contribution is 2.29. The Morgan fingerprint density at radius 3 is 2.69 bits per heavy atom. The van der Waals surface area contributed by atoms with Gasteiger partial charge in [-0.25, -0.2) is 19.9 Å². The van der Waals surface area contributed by atoms with Crippen LogP contribution < -0.4 is 15.5 Å². The van der Waals surface area contributed by atoms with Crippen LogP contribution in [0.25, 0.3) is 11.0 Å². The van der Waals surface area contributed by atoms with Crippen LogP contribution in [0.4, 0.5) is 17.5 Å². The van der Waals surface area contributed by atoms with Crippen molar-refractivity contribution in [3.8, 4) is 0 Å². The van der Waals surface area contributed by atoms with E-state index >= 15 is 0 Å². The van der Waals surface area contributed by atoms with Crippen LogP contribution in [-0.4, -0.2) is 74.9 Å². The summed E-state index contributed by atoms with van der Waals surface area (Å²) in [5.41, 5.74) is 1.25. The number of carbonyl (C=O) groups excluding carboxylic acids is 1. The van der Waals surface area contributed by atoms with Crippen molar-refractivity contribution in [3.63, 3.8) is 0 Å². The van der Waals surface area contributed by atoms with Gasteiger partial charge in [0.1, 0.15) is 29.0 Å². The summed E-state index contributed by atoms with van der Waals surface area (Å²) in [6.45, 7) is 9.42. The summed E-state index contributed by atoms with van der Waals surface area (Å²) >= 11 is 6.44. The van der Waals surface area contributed by atoms with Crippen molar-refractivity contribution in [1.29, 1.82) is 5.41 Å². The number of benzene rings is 1. The molecular formula is C27H34ClN9O2. The number of likely N-dealkylation sites (N-methyl/N-ethyl adjacent to an activating group) is 1. The zero-order valence-corrected chi connectivity index (χ0v) is 23.4. The molecule has 11 nitrogen and oxygen atoms in total. The normalized spacial score (nSPS) is 14.4. The maximum Gasteiger partial charge on any atom is 0.256 e. The van der Waals surface area contributed by atoms with Gasteiger partial charge in [-0.1, -0.05) is 32.4 Å². The molecule has 1 fully saturated rings. The molecule has 3 heterocycles. The summed E-state index contributed by atoms with van der Waals surface area (Å²) in [4.78, 5) is 35.1. The Hall–Kier alpha value is -3.83. The molecule has 0 atom stereocenters. The fourth-order valence-electron chi connectivity index (χ4n) is 3.99. The molecule has 0 spiro atoms. The monoisotopic (exact) mass is 551 g/mol. The summed E-state index contributed by atoms with van der Waals surface area (Å²) in [5.74, 6) is 0.224. The highest BCUT2D eigenvalue weighted by molar-refractivity contribution is 6.33. The Kier molecular flexibility index (Phi) is 8.61. The van der Waals surface area contributed by atoms with Crippen molar-refractivity contribution < 1.29 is 9.90 Å². The van der Waals surface area contributed by atoms with Gasteiger partial charge >= 0.3 is 0 Å². The molecule has 206 valence electrons. The van der Waals surface area contributed by atoms with E-state index in [1.807, 2.05) is 32.7 Å². The Balaban J connectivity index is 1.53. The first kappa shape index (κ1) is 28.2. The van der Waals surface area contributed by atoms with Crippen LogP contribution in [0.1, 0.15) is 44.0 Å². The molecule has 12 heteroatoms. The smallest absolute Gasteiger partial charge is 0.256 e. The average Bonchev–Trinajstić information content (AvgIpc) is 3.41. The van der Waals surface area contributed by atoms with Crippen LogP contribution in [0, 0.1) is 10.8 Å². The summed E-state index contributed by atoms with van der Waals surface area (Å²) in [6.07, 6.45) is 6.78. The summed E-state index contributed by atoms with van der Waals surface area (Å²) in [7, 11) is 1.96. The number of fused-ring (bicyclic) bond motifs is 1. The number of halogens is 1. The molecule has 1 amide bonds. The number of hydrogen-bond acceptors (Lipinski definition) is 10. The lowest BCUT2D eigenvalue weighted by Crippen LogP contribution is -2.32. The number of hydrogen-bond donors (Lipinski definition) is 4. The fraction of sp³-hybridized carbons (Fsp3) is 0.407. The first-order chi connectivity index (χ1) is 18.5. The predicted octanol–water partition coefficient (Wildman–Crippen LogP) is 4.54. The number of nitrogens with zero attached hydrogens (tertiary/aromatic N) is 6. The molecule has 39 heavy (non-hydrogen) atoms. The van der Waals surface area contributed by atoms with Crippen molar-refractivity contribution in [3.05, 3.63) is 53.1 Å². The topological polar surface area (TPSA) is 143 Å². The van der Waals surface area contributed by atoms with Gasteiger partial charge in [0.15, 0.2) is 5.82 Å². The lowest BCUT2D eigenvalue weighted by atomic mass is 9.93. The van der Waals surface area contributed by atoms with Crippen molar-refractivity contribution in [2.24, 2.45) is 5.41 Å². The van der Waals surface area contributed by atoms with Gasteiger partial charge < -0.3 is 25.5 Å². The Morgan fingerprint density at radius 2 is 1.97 bits per heavy atom. The number of rotatable bonds is 8. The molecule has 1 aliphatic rings. The van der Waals surface area contributed by atoms with Gasteiger partial charge in [0.2, 0.25) is 5.95 Å². The molecule has 2 aromatic heterocycles. The highest BCUT2D eigenvalue weighted by Gasteiger charge is 2.18. The minimum absolute atomic E-state index is 0.00931. The summed E-state index contributed by atoms with van der Waals surface area (Å²) < 4.78 is 0. The Morgan fingerprint density at radius 1 is 1.23 bits per heavy atom. The van der Waals surface area contributed by atoms with Crippen LogP contribution in [0.3, 0.4) is 0 Å². The molecule has 4 N–H and O–H groups in total. The second-order valence-electron chi connectivity index (χ2n) is 10.6. The van der Waals surface area contributed by atoms with Gasteiger partial charge in [-0.05, 0) is 44.1 Å². The van der Waals surface area contributed by atoms with Crippen molar-refractivity contribution >= 4 is 51.8 Å². The van der Waals surface area contributed by atoms with Crippen LogP contribution >= 0.6 is 11.6 Å². The van der Waals surface area contributed by atoms with E-state index in [2.05, 4.69) is 30.5 Å². The number of amidine groups is 1. The molecule has 3 aromatic rings. The maximum absolute atomic E-state index is 12.8. The van der Waals surface area contributed by atoms with Gasteiger partial charge in [-0.15, -0.1) is 0 Å². The SMILES string of the molecule is CN(CCN1CCCC1)c1ncc2ncnc(Nc3cc(C(=O)NC(=N)/C=C(\O)C(C)(C)C)ccc3Cl)c2n1. The highest BCUT2D eigenvalue weighted by atomic mass is 35.5. The minimum atomic E-state index is -0.541. The Bertz CT molecular complexity index is 1400. The van der Waals surface area contributed by atoms with E-state index in [0.717, 1.165) is 26.2 Å². The summed E-state index contributed by atoms with van der Waals surface area (Å²) in [5, 5.41) is 24.2. The van der Waals surface area contributed by atoms with Gasteiger partial charge in [-0.2, -0.15) is 0 Å². The third kappa shape index (κ3) is 7.18. The third-order valence-corrected chi connectivity index (χ3v) is 6.77. The van der Waals surface area contributed by atoms with E-state index in [1.54, 1.807) is 24.4 Å². The van der Waals surface area contributed by atoms with Crippen LogP contribution in [0.15, 0.2) is 42.6 Å². The zero-order valence-electron chi connectivity index (χ0n) is 22.6. The predicted molar refractivity (Wildman–Crippen MR) is 154 cm³/mol. The number of aliphatic hydroxyl groups excluding tert-OH is 1. The molecule has 0 aliphatic carbocycles. The molecule has 1 saturated heterocycles. The van der Waals surface area contributed by atoms with E-state index in [9.17, 15) is 9.90 Å². The third-order valence-electron chi connectivity index (χ3n) is 6.44. The van der Waals surface area contributed by atoms with Crippen LogP contribution in [0.5, 0.6) is 0 Å². The molecular weight excluding hydrogens is 518 g/mol. The second-order valence-corrected chi connectivity index (χ2v) is 11.0. The summed E-state index contributed by atoms with van der Waals surface area (Å²) in [6, 6.07) is 4.70. The quantitative estimate of drug-likeness (QED) is 0.180. The van der Waals surface area contributed by atoms with Gasteiger partial charge in [0.05, 0.1) is 16.9 Å². The number of aliphatic hydroxyl groups is 1. The number of amides is 1. The van der Waals surface area contributed by atoms with E-state index in [1.165, 1.54) is 25.2 Å². The number of carbonyl (C=O) groups is 1. The first-order valence-electron chi connectivity index (χ1n) is 12.8. The van der Waals surface area contributed by atoms with E-state index in [0.29, 0.717) is 33.5 Å². The molecule has 1 aliphatic heterocycles.